The summed E-state index contributed by atoms with van der Waals surface area (Å²) < 4.78 is 10.3. The Bertz CT molecular complexity index is 1580. The van der Waals surface area contributed by atoms with Gasteiger partial charge in [-0.2, -0.15) is 0 Å². The topological polar surface area (TPSA) is 128 Å². The summed E-state index contributed by atoms with van der Waals surface area (Å²) in [6, 6.07) is 28.1. The first-order chi connectivity index (χ1) is 21.2. The molecule has 1 amide bonds. The molecule has 4 aromatic rings. The lowest BCUT2D eigenvalue weighted by molar-refractivity contribution is -0.145. The number of carbonyl (C=O) groups is 3. The highest BCUT2D eigenvalue weighted by atomic mass is 16.5. The van der Waals surface area contributed by atoms with E-state index in [2.05, 4.69) is 24.0 Å². The summed E-state index contributed by atoms with van der Waals surface area (Å²) >= 11 is 0. The fourth-order valence-corrected chi connectivity index (χ4v) is 5.18. The lowest BCUT2D eigenvalue weighted by atomic mass is 9.98. The molecule has 0 fully saturated rings. The summed E-state index contributed by atoms with van der Waals surface area (Å²) in [5.41, 5.74) is 10.8. The molecule has 0 unspecified atom stereocenters. The fourth-order valence-electron chi connectivity index (χ4n) is 5.18. The molecule has 0 saturated carbocycles. The van der Waals surface area contributed by atoms with Crippen molar-refractivity contribution in [3.8, 4) is 11.1 Å². The molecule has 4 aromatic carbocycles. The molecule has 2 atom stereocenters. The van der Waals surface area contributed by atoms with Crippen molar-refractivity contribution in [2.75, 3.05) is 13.2 Å². The predicted octanol–water partition coefficient (Wildman–Crippen LogP) is 6.07. The molecule has 0 heterocycles. The standard InChI is InChI=1S/C28H23NO4.C8H15NO2/c30-27(31)26(16-19-10-7-9-18-8-1-2-11-20(18)19)29-28(32)33-17-25-23-14-5-3-12-21(23)22-13-4-6-15-24(22)25;1-4-5-11-8(10)7(9)6(2)3/h1-15,25-26H,16-17H2,(H,29,32)(H,30,31);4,6-7H,1,5,9H2,2-3H3/t26-;7-/m00/s1. The molecule has 0 radical (unpaired) electrons. The van der Waals surface area contributed by atoms with E-state index in [0.29, 0.717) is 0 Å². The number of rotatable bonds is 10. The number of benzene rings is 4. The third kappa shape index (κ3) is 7.71. The number of carboxylic acid groups (broad SMARTS) is 1. The van der Waals surface area contributed by atoms with E-state index in [1.807, 2.05) is 92.7 Å². The van der Waals surface area contributed by atoms with Crippen molar-refractivity contribution in [3.05, 3.63) is 120 Å². The van der Waals surface area contributed by atoms with Crippen molar-refractivity contribution in [2.45, 2.75) is 38.3 Å². The Morgan fingerprint density at radius 2 is 1.48 bits per heavy atom. The van der Waals surface area contributed by atoms with Crippen LogP contribution in [0.4, 0.5) is 4.79 Å². The van der Waals surface area contributed by atoms with Crippen LogP contribution < -0.4 is 11.1 Å². The Morgan fingerprint density at radius 3 is 2.09 bits per heavy atom. The van der Waals surface area contributed by atoms with Crippen LogP contribution in [0.25, 0.3) is 21.9 Å². The second kappa shape index (κ2) is 15.0. The van der Waals surface area contributed by atoms with Crippen LogP contribution in [0.5, 0.6) is 0 Å². The van der Waals surface area contributed by atoms with Crippen LogP contribution in [-0.2, 0) is 25.5 Å². The van der Waals surface area contributed by atoms with Gasteiger partial charge >= 0.3 is 18.0 Å². The number of carboxylic acids is 1. The van der Waals surface area contributed by atoms with Gasteiger partial charge in [-0.3, -0.25) is 4.79 Å². The maximum atomic E-state index is 12.6. The lowest BCUT2D eigenvalue weighted by Crippen LogP contribution is -2.43. The van der Waals surface area contributed by atoms with Gasteiger partial charge in [0.25, 0.3) is 0 Å². The van der Waals surface area contributed by atoms with E-state index in [0.717, 1.165) is 38.6 Å². The maximum absolute atomic E-state index is 12.6. The van der Waals surface area contributed by atoms with Crippen LogP contribution >= 0.6 is 0 Å². The first-order valence-electron chi connectivity index (χ1n) is 14.5. The average Bonchev–Trinajstić information content (AvgIpc) is 3.35. The second-order valence-electron chi connectivity index (χ2n) is 10.9. The highest BCUT2D eigenvalue weighted by molar-refractivity contribution is 5.87. The van der Waals surface area contributed by atoms with Crippen molar-refractivity contribution in [3.63, 3.8) is 0 Å². The largest absolute Gasteiger partial charge is 0.480 e. The normalized spacial score (nSPS) is 13.1. The van der Waals surface area contributed by atoms with Gasteiger partial charge in [0, 0.05) is 12.3 Å². The second-order valence-corrected chi connectivity index (χ2v) is 10.9. The number of nitrogens with two attached hydrogens (primary N) is 1. The van der Waals surface area contributed by atoms with Gasteiger partial charge in [0.1, 0.15) is 25.3 Å². The number of ether oxygens (including phenoxy) is 2. The summed E-state index contributed by atoms with van der Waals surface area (Å²) in [4.78, 5) is 35.4. The molecule has 8 nitrogen and oxygen atoms in total. The third-order valence-electron chi connectivity index (χ3n) is 7.57. The van der Waals surface area contributed by atoms with Crippen LogP contribution in [0.15, 0.2) is 104 Å². The number of hydrogen-bond donors (Lipinski definition) is 3. The van der Waals surface area contributed by atoms with E-state index in [1.54, 1.807) is 0 Å². The molecule has 0 aliphatic heterocycles. The van der Waals surface area contributed by atoms with Gasteiger partial charge in [-0.1, -0.05) is 117 Å². The van der Waals surface area contributed by atoms with E-state index in [1.165, 1.54) is 6.08 Å². The number of nitrogens with one attached hydrogen (secondary N) is 1. The van der Waals surface area contributed by atoms with Gasteiger partial charge in [-0.05, 0) is 44.5 Å². The molecule has 4 N–H and O–H groups in total. The summed E-state index contributed by atoms with van der Waals surface area (Å²) in [7, 11) is 0. The number of carbonyl (C=O) groups excluding carboxylic acids is 2. The van der Waals surface area contributed by atoms with E-state index in [4.69, 9.17) is 15.2 Å². The number of alkyl carbamates (subject to hydrolysis) is 1. The molecule has 5 rings (SSSR count). The number of fused-ring (bicyclic) bond motifs is 4. The zero-order valence-electron chi connectivity index (χ0n) is 24.9. The minimum atomic E-state index is -1.10. The van der Waals surface area contributed by atoms with E-state index < -0.39 is 24.1 Å². The average molecular weight is 595 g/mol. The Hall–Kier alpha value is -4.95. The molecule has 1 aliphatic carbocycles. The van der Waals surface area contributed by atoms with Crippen molar-refractivity contribution >= 4 is 28.8 Å². The van der Waals surface area contributed by atoms with Gasteiger partial charge < -0.3 is 25.6 Å². The van der Waals surface area contributed by atoms with Crippen LogP contribution in [0.1, 0.15) is 36.5 Å². The van der Waals surface area contributed by atoms with Crippen molar-refractivity contribution in [1.82, 2.24) is 5.32 Å². The zero-order valence-corrected chi connectivity index (χ0v) is 24.9. The zero-order chi connectivity index (χ0) is 31.6. The predicted molar refractivity (Wildman–Crippen MR) is 171 cm³/mol. The quantitative estimate of drug-likeness (QED) is 0.150. The minimum Gasteiger partial charge on any atom is -0.480 e. The molecular weight excluding hydrogens is 556 g/mol. The summed E-state index contributed by atoms with van der Waals surface area (Å²) in [5.74, 6) is -1.42. The number of aliphatic carboxylic acids is 1. The molecule has 0 saturated heterocycles. The summed E-state index contributed by atoms with van der Waals surface area (Å²) in [6.45, 7) is 7.54. The summed E-state index contributed by atoms with van der Waals surface area (Å²) in [5, 5.41) is 14.3. The van der Waals surface area contributed by atoms with E-state index in [-0.39, 0.29) is 37.4 Å². The van der Waals surface area contributed by atoms with Crippen LogP contribution in [0.3, 0.4) is 0 Å². The Balaban J connectivity index is 0.000000345. The molecule has 0 aromatic heterocycles. The van der Waals surface area contributed by atoms with Crippen molar-refractivity contribution in [1.29, 1.82) is 0 Å². The van der Waals surface area contributed by atoms with E-state index >= 15 is 0 Å². The SMILES string of the molecule is C=CCOC(=O)[C@@H](N)C(C)C.O=C(N[C@@H](Cc1cccc2ccccc12)C(=O)O)OCC1c2ccccc2-c2ccccc21. The van der Waals surface area contributed by atoms with Crippen molar-refractivity contribution < 1.29 is 29.0 Å². The Morgan fingerprint density at radius 1 is 0.886 bits per heavy atom. The fraction of sp³-hybridized carbons (Fsp3) is 0.250. The molecule has 1 aliphatic rings. The number of amides is 1. The Labute approximate surface area is 257 Å². The number of esters is 1. The lowest BCUT2D eigenvalue weighted by Gasteiger charge is -2.18. The van der Waals surface area contributed by atoms with Gasteiger partial charge in [0.2, 0.25) is 0 Å². The smallest absolute Gasteiger partial charge is 0.407 e. The van der Waals surface area contributed by atoms with Gasteiger partial charge in [0.15, 0.2) is 0 Å². The molecule has 44 heavy (non-hydrogen) atoms. The molecule has 8 heteroatoms. The molecular formula is C36H38N2O6. The highest BCUT2D eigenvalue weighted by Gasteiger charge is 2.30. The van der Waals surface area contributed by atoms with Crippen LogP contribution in [0, 0.1) is 5.92 Å². The highest BCUT2D eigenvalue weighted by Crippen LogP contribution is 2.44. The first-order valence-corrected chi connectivity index (χ1v) is 14.5. The van der Waals surface area contributed by atoms with Gasteiger partial charge in [0.05, 0.1) is 0 Å². The summed E-state index contributed by atoms with van der Waals surface area (Å²) in [6.07, 6.45) is 0.954. The van der Waals surface area contributed by atoms with Gasteiger partial charge in [-0.15, -0.1) is 0 Å². The maximum Gasteiger partial charge on any atom is 0.407 e. The molecule has 228 valence electrons. The van der Waals surface area contributed by atoms with Crippen molar-refractivity contribution in [2.24, 2.45) is 11.7 Å². The van der Waals surface area contributed by atoms with Gasteiger partial charge in [-0.25, -0.2) is 9.59 Å². The first kappa shape index (κ1) is 32.0. The molecule has 0 bridgehead atoms. The molecule has 0 spiro atoms. The number of hydrogen-bond acceptors (Lipinski definition) is 6. The monoisotopic (exact) mass is 594 g/mol. The Kier molecular flexibility index (Phi) is 10.9. The third-order valence-corrected chi connectivity index (χ3v) is 7.57. The van der Waals surface area contributed by atoms with Crippen LogP contribution in [-0.4, -0.2) is 48.4 Å². The minimum absolute atomic E-state index is 0.0792. The van der Waals surface area contributed by atoms with E-state index in [9.17, 15) is 19.5 Å². The van der Waals surface area contributed by atoms with Crippen LogP contribution in [0.2, 0.25) is 0 Å².